The van der Waals surface area contributed by atoms with Crippen molar-refractivity contribution in [2.24, 2.45) is 0 Å². The SMILES string of the molecule is C[Si](C)(C)C=C[Si](C)(C)[O]. The van der Waals surface area contributed by atoms with Gasteiger partial charge < -0.3 is 0 Å². The van der Waals surface area contributed by atoms with Crippen molar-refractivity contribution < 1.29 is 4.80 Å². The summed E-state index contributed by atoms with van der Waals surface area (Å²) in [6.07, 6.45) is 0. The molecule has 0 fully saturated rings. The van der Waals surface area contributed by atoms with Gasteiger partial charge in [-0.3, -0.25) is 4.80 Å². The van der Waals surface area contributed by atoms with E-state index in [9.17, 15) is 4.80 Å². The van der Waals surface area contributed by atoms with E-state index in [-0.39, 0.29) is 0 Å². The van der Waals surface area contributed by atoms with Crippen LogP contribution in [0.25, 0.3) is 0 Å². The Bertz CT molecular complexity index is 112. The zero-order chi connectivity index (χ0) is 8.41. The van der Waals surface area contributed by atoms with Crippen LogP contribution in [0.4, 0.5) is 0 Å². The maximum absolute atomic E-state index is 11.2. The molecule has 0 rings (SSSR count). The van der Waals surface area contributed by atoms with Gasteiger partial charge in [0.2, 0.25) is 0 Å². The van der Waals surface area contributed by atoms with Crippen molar-refractivity contribution in [1.29, 1.82) is 0 Å². The van der Waals surface area contributed by atoms with Gasteiger partial charge in [-0.05, 0) is 13.1 Å². The van der Waals surface area contributed by atoms with Gasteiger partial charge in [0.15, 0.2) is 0 Å². The quantitative estimate of drug-likeness (QED) is 0.572. The van der Waals surface area contributed by atoms with Crippen molar-refractivity contribution in [2.75, 3.05) is 0 Å². The van der Waals surface area contributed by atoms with Gasteiger partial charge in [-0.25, -0.2) is 0 Å². The smallest absolute Gasteiger partial charge is 0.254 e. The molecule has 0 aromatic heterocycles. The van der Waals surface area contributed by atoms with E-state index in [2.05, 4.69) is 25.3 Å². The Morgan fingerprint density at radius 3 is 1.40 bits per heavy atom. The van der Waals surface area contributed by atoms with Crippen molar-refractivity contribution in [3.63, 3.8) is 0 Å². The first-order valence-electron chi connectivity index (χ1n) is 3.61. The third kappa shape index (κ3) is 8.13. The second-order valence-corrected chi connectivity index (χ2v) is 12.9. The third-order valence-corrected chi connectivity index (χ3v) is 3.45. The molecule has 0 amide bonds. The standard InChI is InChI=1S/C7H17OSi2/c1-9(2,3)6-7-10(4,5)8/h6-7H,1-5H3. The van der Waals surface area contributed by atoms with Gasteiger partial charge in [0.1, 0.15) is 0 Å². The predicted octanol–water partition coefficient (Wildman–Crippen LogP) is 2.59. The van der Waals surface area contributed by atoms with Crippen LogP contribution in [0.2, 0.25) is 32.7 Å². The van der Waals surface area contributed by atoms with Crippen molar-refractivity contribution in [1.82, 2.24) is 0 Å². The van der Waals surface area contributed by atoms with Crippen LogP contribution in [0, 0.1) is 0 Å². The second-order valence-electron chi connectivity index (χ2n) is 4.30. The molecule has 0 heterocycles. The zero-order valence-corrected chi connectivity index (χ0v) is 9.56. The molecule has 0 aromatic rings. The Morgan fingerprint density at radius 1 is 0.900 bits per heavy atom. The second kappa shape index (κ2) is 3.02. The van der Waals surface area contributed by atoms with Crippen molar-refractivity contribution in [2.45, 2.75) is 32.7 Å². The maximum Gasteiger partial charge on any atom is 0.254 e. The van der Waals surface area contributed by atoms with Crippen molar-refractivity contribution in [3.8, 4) is 0 Å². The summed E-state index contributed by atoms with van der Waals surface area (Å²) in [6.45, 7) is 10.4. The Morgan fingerprint density at radius 2 is 1.30 bits per heavy atom. The Balaban J connectivity index is 4.01. The predicted molar refractivity (Wildman–Crippen MR) is 50.7 cm³/mol. The summed E-state index contributed by atoms with van der Waals surface area (Å²) >= 11 is 0. The largest absolute Gasteiger partial charge is 0.293 e. The monoisotopic (exact) mass is 173 g/mol. The summed E-state index contributed by atoms with van der Waals surface area (Å²) in [5, 5.41) is 0. The molecule has 0 saturated heterocycles. The van der Waals surface area contributed by atoms with Gasteiger partial charge in [0, 0.05) is 0 Å². The minimum absolute atomic E-state index is 1.11. The minimum atomic E-state index is -2.16. The fourth-order valence-electron chi connectivity index (χ4n) is 0.451. The van der Waals surface area contributed by atoms with Crippen LogP contribution in [0.5, 0.6) is 0 Å². The van der Waals surface area contributed by atoms with E-state index in [0.29, 0.717) is 0 Å². The van der Waals surface area contributed by atoms with Crippen LogP contribution < -0.4 is 0 Å². The van der Waals surface area contributed by atoms with Gasteiger partial charge in [-0.15, -0.1) is 5.70 Å². The lowest BCUT2D eigenvalue weighted by Crippen LogP contribution is -2.23. The van der Waals surface area contributed by atoms with E-state index in [1.54, 1.807) is 0 Å². The first-order chi connectivity index (χ1) is 4.21. The molecule has 0 N–H and O–H groups in total. The lowest BCUT2D eigenvalue weighted by Gasteiger charge is -2.11. The fraction of sp³-hybridized carbons (Fsp3) is 0.714. The van der Waals surface area contributed by atoms with E-state index in [1.165, 1.54) is 0 Å². The topological polar surface area (TPSA) is 19.9 Å². The van der Waals surface area contributed by atoms with Crippen molar-refractivity contribution in [3.05, 3.63) is 11.4 Å². The summed E-state index contributed by atoms with van der Waals surface area (Å²) in [4.78, 5) is 11.2. The highest BCUT2D eigenvalue weighted by molar-refractivity contribution is 6.84. The molecule has 1 radical (unpaired) electrons. The lowest BCUT2D eigenvalue weighted by atomic mass is 11.2. The Hall–Kier alpha value is 0.134. The van der Waals surface area contributed by atoms with Crippen molar-refractivity contribution >= 4 is 16.4 Å². The molecule has 0 aliphatic heterocycles. The average molecular weight is 173 g/mol. The van der Waals surface area contributed by atoms with Gasteiger partial charge in [-0.1, -0.05) is 25.3 Å². The molecule has 0 aliphatic carbocycles. The van der Waals surface area contributed by atoms with E-state index >= 15 is 0 Å². The van der Waals surface area contributed by atoms with Gasteiger partial charge in [-0.2, -0.15) is 0 Å². The minimum Gasteiger partial charge on any atom is -0.293 e. The molecular weight excluding hydrogens is 156 g/mol. The maximum atomic E-state index is 11.2. The lowest BCUT2D eigenvalue weighted by molar-refractivity contribution is 0.442. The molecule has 10 heavy (non-hydrogen) atoms. The van der Waals surface area contributed by atoms with Crippen LogP contribution in [0.3, 0.4) is 0 Å². The molecule has 0 saturated carbocycles. The van der Waals surface area contributed by atoms with E-state index in [4.69, 9.17) is 0 Å². The summed E-state index contributed by atoms with van der Waals surface area (Å²) in [5.74, 6) is 0. The highest BCUT2D eigenvalue weighted by atomic mass is 28.4. The van der Waals surface area contributed by atoms with Gasteiger partial charge in [0.05, 0.1) is 8.07 Å². The van der Waals surface area contributed by atoms with Crippen LogP contribution in [0.1, 0.15) is 0 Å². The van der Waals surface area contributed by atoms with Gasteiger partial charge >= 0.3 is 0 Å². The molecule has 0 spiro atoms. The summed E-state index contributed by atoms with van der Waals surface area (Å²) in [5.41, 5.74) is 4.07. The highest BCUT2D eigenvalue weighted by Crippen LogP contribution is 2.06. The number of hydrogen-bond acceptors (Lipinski definition) is 0. The molecule has 1 nitrogen and oxygen atoms in total. The van der Waals surface area contributed by atoms with Crippen LogP contribution >= 0.6 is 0 Å². The van der Waals surface area contributed by atoms with E-state index in [0.717, 1.165) is 0 Å². The number of rotatable bonds is 2. The zero-order valence-electron chi connectivity index (χ0n) is 7.56. The molecule has 0 atom stereocenters. The van der Waals surface area contributed by atoms with Gasteiger partial charge in [0.25, 0.3) is 8.32 Å². The molecule has 0 aliphatic rings. The average Bonchev–Trinajstić information content (AvgIpc) is 1.57. The summed E-state index contributed by atoms with van der Waals surface area (Å²) in [6, 6.07) is 0. The van der Waals surface area contributed by atoms with Crippen LogP contribution in [-0.2, 0) is 4.80 Å². The molecule has 0 aromatic carbocycles. The Labute approximate surface area is 65.9 Å². The van der Waals surface area contributed by atoms with Crippen LogP contribution in [0.15, 0.2) is 11.4 Å². The highest BCUT2D eigenvalue weighted by Gasteiger charge is 2.17. The number of hydrogen-bond donors (Lipinski definition) is 0. The third-order valence-electron chi connectivity index (χ3n) is 0.985. The molecule has 3 heteroatoms. The summed E-state index contributed by atoms with van der Waals surface area (Å²) < 4.78 is 0. The fourth-order valence-corrected chi connectivity index (χ4v) is 4.06. The molecular formula is C7H17OSi2. The molecule has 0 unspecified atom stereocenters. The molecule has 59 valence electrons. The Kier molecular flexibility index (Phi) is 3.07. The summed E-state index contributed by atoms with van der Waals surface area (Å²) in [7, 11) is -3.28. The first-order valence-corrected chi connectivity index (χ1v) is 10.2. The van der Waals surface area contributed by atoms with Crippen LogP contribution in [-0.4, -0.2) is 16.4 Å². The first kappa shape index (κ1) is 10.1. The normalized spacial score (nSPS) is 14.6. The van der Waals surface area contributed by atoms with E-state index < -0.39 is 16.4 Å². The van der Waals surface area contributed by atoms with E-state index in [1.807, 2.05) is 18.8 Å². The molecule has 0 bridgehead atoms.